The van der Waals surface area contributed by atoms with Crippen LogP contribution >= 0.6 is 0 Å². The van der Waals surface area contributed by atoms with Gasteiger partial charge < -0.3 is 0 Å². The van der Waals surface area contributed by atoms with Gasteiger partial charge in [0.2, 0.25) is 0 Å². The smallest absolute Gasteiger partial charge is 0.200 e. The number of hydrogen-bond donors (Lipinski definition) is 1. The third kappa shape index (κ3) is 4.82. The first-order chi connectivity index (χ1) is 11.6. The van der Waals surface area contributed by atoms with Crippen LogP contribution in [0.25, 0.3) is 0 Å². The Hall–Kier alpha value is -2.35. The number of aryl methyl sites for hydroxylation is 1. The van der Waals surface area contributed by atoms with Gasteiger partial charge >= 0.3 is 6.18 Å². The largest absolute Gasteiger partial charge is 0.416 e. The van der Waals surface area contributed by atoms with Crippen LogP contribution in [0.2, 0.25) is 0 Å². The summed E-state index contributed by atoms with van der Waals surface area (Å²) < 4.78 is 62.2. The van der Waals surface area contributed by atoms with Gasteiger partial charge in [-0.2, -0.15) is 31.5 Å². The summed E-state index contributed by atoms with van der Waals surface area (Å²) in [6.07, 6.45) is -4.07. The zero-order valence-electron chi connectivity index (χ0n) is 13.6. The van der Waals surface area contributed by atoms with Crippen molar-refractivity contribution in [1.29, 1.82) is 0 Å². The van der Waals surface area contributed by atoms with Gasteiger partial charge in [-0.25, -0.2) is 0 Å². The van der Waals surface area contributed by atoms with Crippen molar-refractivity contribution < 1.29 is 21.6 Å². The maximum atomic E-state index is 12.6. The normalized spacial score (nSPS) is 12.9. The van der Waals surface area contributed by atoms with E-state index in [1.54, 1.807) is 19.1 Å². The lowest BCUT2D eigenvalue weighted by molar-refractivity contribution is -0.137. The summed E-state index contributed by atoms with van der Waals surface area (Å²) in [5.74, 6) is 0. The Morgan fingerprint density at radius 2 is 1.60 bits per heavy atom. The summed E-state index contributed by atoms with van der Waals surface area (Å²) in [6, 6.07) is 10.7. The zero-order chi connectivity index (χ0) is 18.7. The number of sulfonamides is 1. The molecule has 2 aromatic carbocycles. The zero-order valence-corrected chi connectivity index (χ0v) is 14.4. The van der Waals surface area contributed by atoms with E-state index in [-0.39, 0.29) is 4.90 Å². The third-order valence-electron chi connectivity index (χ3n) is 3.51. The molecule has 0 atom stereocenters. The van der Waals surface area contributed by atoms with Gasteiger partial charge in [-0.3, -0.25) is 0 Å². The molecule has 0 heterocycles. The second-order valence-corrected chi connectivity index (χ2v) is 7.06. The molecule has 0 fully saturated rings. The molecule has 8 heteroatoms. The lowest BCUT2D eigenvalue weighted by Crippen LogP contribution is -2.20. The molecule has 134 valence electrons. The topological polar surface area (TPSA) is 58.5 Å². The van der Waals surface area contributed by atoms with Gasteiger partial charge in [0.25, 0.3) is 10.0 Å². The fraction of sp³-hybridized carbons (Fsp3) is 0.235. The number of nitrogens with one attached hydrogen (secondary N) is 1. The highest BCUT2D eigenvalue weighted by atomic mass is 32.2. The SMILES string of the molecule is CC/C(=N\NS(=O)(=O)c1ccc(C)cc1)c1ccc(C(F)(F)F)cc1. The Bertz CT molecular complexity index is 856. The molecule has 0 radical (unpaired) electrons. The number of alkyl halides is 3. The van der Waals surface area contributed by atoms with Gasteiger partial charge in [0.15, 0.2) is 0 Å². The highest BCUT2D eigenvalue weighted by Gasteiger charge is 2.30. The molecule has 4 nitrogen and oxygen atoms in total. The quantitative estimate of drug-likeness (QED) is 0.636. The van der Waals surface area contributed by atoms with E-state index in [1.165, 1.54) is 24.3 Å². The Morgan fingerprint density at radius 1 is 1.04 bits per heavy atom. The number of rotatable bonds is 5. The van der Waals surface area contributed by atoms with Crippen LogP contribution in [-0.4, -0.2) is 14.1 Å². The highest BCUT2D eigenvalue weighted by molar-refractivity contribution is 7.89. The Kier molecular flexibility index (Phi) is 5.52. The van der Waals surface area contributed by atoms with Gasteiger partial charge in [0, 0.05) is 0 Å². The number of nitrogens with zero attached hydrogens (tertiary/aromatic N) is 1. The molecule has 0 unspecified atom stereocenters. The Labute approximate surface area is 144 Å². The Morgan fingerprint density at radius 3 is 2.08 bits per heavy atom. The molecule has 1 N–H and O–H groups in total. The summed E-state index contributed by atoms with van der Waals surface area (Å²) in [6.45, 7) is 3.57. The molecule has 2 rings (SSSR count). The van der Waals surface area contributed by atoms with Crippen LogP contribution < -0.4 is 4.83 Å². The van der Waals surface area contributed by atoms with E-state index >= 15 is 0 Å². The van der Waals surface area contributed by atoms with E-state index in [0.717, 1.165) is 17.7 Å². The van der Waals surface area contributed by atoms with Crippen LogP contribution in [-0.2, 0) is 16.2 Å². The maximum Gasteiger partial charge on any atom is 0.416 e. The highest BCUT2D eigenvalue weighted by Crippen LogP contribution is 2.29. The molecule has 2 aromatic rings. The number of hydrogen-bond acceptors (Lipinski definition) is 3. The molecule has 0 spiro atoms. The van der Waals surface area contributed by atoms with E-state index < -0.39 is 21.8 Å². The monoisotopic (exact) mass is 370 g/mol. The van der Waals surface area contributed by atoms with Crippen LogP contribution in [0.15, 0.2) is 58.5 Å². The molecular weight excluding hydrogens is 353 g/mol. The molecule has 0 aliphatic heterocycles. The molecule has 0 aliphatic carbocycles. The van der Waals surface area contributed by atoms with Crippen LogP contribution in [0.4, 0.5) is 13.2 Å². The fourth-order valence-corrected chi connectivity index (χ4v) is 2.91. The average molecular weight is 370 g/mol. The minimum atomic E-state index is -4.42. The fourth-order valence-electron chi connectivity index (χ4n) is 2.08. The summed E-state index contributed by atoms with van der Waals surface area (Å²) in [7, 11) is -3.84. The van der Waals surface area contributed by atoms with Gasteiger partial charge in [-0.05, 0) is 43.2 Å². The lowest BCUT2D eigenvalue weighted by Gasteiger charge is -2.09. The molecule has 0 aromatic heterocycles. The molecule has 0 bridgehead atoms. The van der Waals surface area contributed by atoms with Crippen LogP contribution in [0.5, 0.6) is 0 Å². The van der Waals surface area contributed by atoms with E-state index in [4.69, 9.17) is 0 Å². The van der Waals surface area contributed by atoms with E-state index in [2.05, 4.69) is 9.93 Å². The van der Waals surface area contributed by atoms with E-state index in [1.807, 2.05) is 6.92 Å². The second-order valence-electron chi connectivity index (χ2n) is 5.39. The number of hydrazone groups is 1. The van der Waals surface area contributed by atoms with Crippen molar-refractivity contribution in [3.63, 3.8) is 0 Å². The minimum Gasteiger partial charge on any atom is -0.200 e. The summed E-state index contributed by atoms with van der Waals surface area (Å²) in [4.78, 5) is 2.19. The van der Waals surface area contributed by atoms with Crippen molar-refractivity contribution in [2.75, 3.05) is 0 Å². The maximum absolute atomic E-state index is 12.6. The van der Waals surface area contributed by atoms with Crippen LogP contribution in [0.1, 0.15) is 30.0 Å². The van der Waals surface area contributed by atoms with Gasteiger partial charge in [0.1, 0.15) is 0 Å². The van der Waals surface area contributed by atoms with Gasteiger partial charge in [-0.15, -0.1) is 0 Å². The van der Waals surface area contributed by atoms with Crippen molar-refractivity contribution in [3.05, 3.63) is 65.2 Å². The van der Waals surface area contributed by atoms with Gasteiger partial charge in [0.05, 0.1) is 16.2 Å². The third-order valence-corrected chi connectivity index (χ3v) is 4.74. The molecule has 0 saturated heterocycles. The summed E-state index contributed by atoms with van der Waals surface area (Å²) in [5.41, 5.74) is 0.903. The molecular formula is C17H17F3N2O2S. The van der Waals surface area contributed by atoms with Crippen LogP contribution in [0, 0.1) is 6.92 Å². The molecule has 0 aliphatic rings. The molecule has 0 saturated carbocycles. The standard InChI is InChI=1S/C17H17F3N2O2S/c1-3-16(13-6-8-14(9-7-13)17(18,19)20)21-22-25(23,24)15-10-4-12(2)5-11-15/h4-11,22H,3H2,1-2H3/b21-16+. The number of benzene rings is 2. The predicted molar refractivity (Wildman–Crippen MR) is 89.8 cm³/mol. The van der Waals surface area contributed by atoms with Crippen LogP contribution in [0.3, 0.4) is 0 Å². The first-order valence-electron chi connectivity index (χ1n) is 7.46. The summed E-state index contributed by atoms with van der Waals surface area (Å²) >= 11 is 0. The van der Waals surface area contributed by atoms with Crippen molar-refractivity contribution in [1.82, 2.24) is 4.83 Å². The summed E-state index contributed by atoms with van der Waals surface area (Å²) in [5, 5.41) is 3.87. The molecule has 25 heavy (non-hydrogen) atoms. The lowest BCUT2D eigenvalue weighted by atomic mass is 10.1. The van der Waals surface area contributed by atoms with Gasteiger partial charge in [-0.1, -0.05) is 36.8 Å². The van der Waals surface area contributed by atoms with Crippen molar-refractivity contribution in [2.45, 2.75) is 31.3 Å². The minimum absolute atomic E-state index is 0.0599. The van der Waals surface area contributed by atoms with E-state index in [9.17, 15) is 21.6 Å². The predicted octanol–water partition coefficient (Wildman–Crippen LogP) is 4.11. The first-order valence-corrected chi connectivity index (χ1v) is 8.94. The average Bonchev–Trinajstić information content (AvgIpc) is 2.55. The van der Waals surface area contributed by atoms with Crippen molar-refractivity contribution in [2.24, 2.45) is 5.10 Å². The van der Waals surface area contributed by atoms with E-state index in [0.29, 0.717) is 17.7 Å². The Balaban J connectivity index is 2.24. The van der Waals surface area contributed by atoms with Crippen molar-refractivity contribution in [3.8, 4) is 0 Å². The molecule has 0 amide bonds. The first kappa shape index (κ1) is 19.0. The number of halogens is 3. The van der Waals surface area contributed by atoms with Crippen molar-refractivity contribution >= 4 is 15.7 Å². The second kappa shape index (κ2) is 7.26.